The van der Waals surface area contributed by atoms with Gasteiger partial charge in [0.15, 0.2) is 15.5 Å². The lowest BCUT2D eigenvalue weighted by molar-refractivity contribution is 0.0592. The number of aromatic nitrogens is 2. The Hall–Kier alpha value is -2.48. The van der Waals surface area contributed by atoms with Crippen molar-refractivity contribution in [2.45, 2.75) is 4.90 Å². The zero-order chi connectivity index (χ0) is 15.5. The van der Waals surface area contributed by atoms with E-state index >= 15 is 0 Å². The SMILES string of the molecule is COC(=O)c1cncc(Oc2ccc(S(C)(=O)=O)cc2)n1. The number of carbonyl (C=O) groups excluding carboxylic acids is 1. The van der Waals surface area contributed by atoms with Gasteiger partial charge in [-0.2, -0.15) is 0 Å². The number of nitrogens with zero attached hydrogens (tertiary/aromatic N) is 2. The Morgan fingerprint density at radius 1 is 1.14 bits per heavy atom. The van der Waals surface area contributed by atoms with E-state index in [0.717, 1.165) is 6.26 Å². The molecule has 0 saturated heterocycles. The average Bonchev–Trinajstić information content (AvgIpc) is 2.46. The summed E-state index contributed by atoms with van der Waals surface area (Å²) < 4.78 is 32.6. The average molecular weight is 308 g/mol. The van der Waals surface area contributed by atoms with E-state index in [1.54, 1.807) is 0 Å². The monoisotopic (exact) mass is 308 g/mol. The highest BCUT2D eigenvalue weighted by molar-refractivity contribution is 7.90. The van der Waals surface area contributed by atoms with Crippen molar-refractivity contribution in [3.8, 4) is 11.6 Å². The molecule has 0 fully saturated rings. The van der Waals surface area contributed by atoms with E-state index in [2.05, 4.69) is 14.7 Å². The highest BCUT2D eigenvalue weighted by Crippen LogP contribution is 2.21. The summed E-state index contributed by atoms with van der Waals surface area (Å²) in [5.41, 5.74) is 0.0164. The molecular weight excluding hydrogens is 296 g/mol. The highest BCUT2D eigenvalue weighted by atomic mass is 32.2. The first-order valence-corrected chi connectivity index (χ1v) is 7.67. The van der Waals surface area contributed by atoms with Crippen LogP contribution in [0.25, 0.3) is 0 Å². The molecule has 0 N–H and O–H groups in total. The van der Waals surface area contributed by atoms with Gasteiger partial charge in [0.1, 0.15) is 5.75 Å². The summed E-state index contributed by atoms with van der Waals surface area (Å²) in [4.78, 5) is 19.3. The summed E-state index contributed by atoms with van der Waals surface area (Å²) in [6.45, 7) is 0. The molecule has 0 unspecified atom stereocenters. The minimum absolute atomic E-state index is 0.0164. The van der Waals surface area contributed by atoms with Crippen LogP contribution in [0.1, 0.15) is 10.5 Å². The topological polar surface area (TPSA) is 95.5 Å². The van der Waals surface area contributed by atoms with Crippen LogP contribution >= 0.6 is 0 Å². The number of benzene rings is 1. The third-order valence-electron chi connectivity index (χ3n) is 2.48. The van der Waals surface area contributed by atoms with Crippen molar-refractivity contribution in [1.82, 2.24) is 9.97 Å². The number of sulfone groups is 1. The maximum absolute atomic E-state index is 11.3. The summed E-state index contributed by atoms with van der Waals surface area (Å²) in [6, 6.07) is 5.82. The van der Waals surface area contributed by atoms with Crippen molar-refractivity contribution in [3.63, 3.8) is 0 Å². The van der Waals surface area contributed by atoms with Crippen LogP contribution in [0.2, 0.25) is 0 Å². The van der Waals surface area contributed by atoms with Gasteiger partial charge >= 0.3 is 5.97 Å². The number of ether oxygens (including phenoxy) is 2. The molecule has 7 nitrogen and oxygen atoms in total. The molecule has 110 valence electrons. The van der Waals surface area contributed by atoms with Crippen LogP contribution in [0.3, 0.4) is 0 Å². The van der Waals surface area contributed by atoms with Crippen molar-refractivity contribution in [2.75, 3.05) is 13.4 Å². The lowest BCUT2D eigenvalue weighted by Gasteiger charge is -2.06. The first-order valence-electron chi connectivity index (χ1n) is 5.78. The molecule has 1 aromatic heterocycles. The molecule has 8 heteroatoms. The van der Waals surface area contributed by atoms with Gasteiger partial charge in [-0.05, 0) is 24.3 Å². The van der Waals surface area contributed by atoms with Gasteiger partial charge in [-0.3, -0.25) is 4.98 Å². The summed E-state index contributed by atoms with van der Waals surface area (Å²) in [5.74, 6) is -0.149. The molecule has 1 aromatic carbocycles. The molecule has 0 bridgehead atoms. The second-order valence-electron chi connectivity index (χ2n) is 4.08. The zero-order valence-electron chi connectivity index (χ0n) is 11.3. The lowest BCUT2D eigenvalue weighted by atomic mass is 10.3. The van der Waals surface area contributed by atoms with Crippen molar-refractivity contribution in [3.05, 3.63) is 42.4 Å². The molecule has 1 heterocycles. The normalized spacial score (nSPS) is 11.0. The van der Waals surface area contributed by atoms with Crippen molar-refractivity contribution < 1.29 is 22.7 Å². The van der Waals surface area contributed by atoms with Gasteiger partial charge in [0.2, 0.25) is 5.88 Å². The number of hydrogen-bond donors (Lipinski definition) is 0. The van der Waals surface area contributed by atoms with Gasteiger partial charge in [0, 0.05) is 6.26 Å². The Balaban J connectivity index is 2.20. The fourth-order valence-corrected chi connectivity index (χ4v) is 2.11. The quantitative estimate of drug-likeness (QED) is 0.789. The van der Waals surface area contributed by atoms with E-state index in [-0.39, 0.29) is 16.5 Å². The Labute approximate surface area is 121 Å². The van der Waals surface area contributed by atoms with Crippen molar-refractivity contribution in [1.29, 1.82) is 0 Å². The third kappa shape index (κ3) is 3.76. The lowest BCUT2D eigenvalue weighted by Crippen LogP contribution is -2.05. The zero-order valence-corrected chi connectivity index (χ0v) is 12.1. The van der Waals surface area contributed by atoms with Gasteiger partial charge < -0.3 is 9.47 Å². The first kappa shape index (κ1) is 14.9. The summed E-state index contributed by atoms with van der Waals surface area (Å²) in [5, 5.41) is 0. The number of hydrogen-bond acceptors (Lipinski definition) is 7. The first-order chi connectivity index (χ1) is 9.90. The van der Waals surface area contributed by atoms with E-state index in [1.165, 1.54) is 43.8 Å². The summed E-state index contributed by atoms with van der Waals surface area (Å²) in [7, 11) is -2.02. The van der Waals surface area contributed by atoms with Crippen LogP contribution in [0.5, 0.6) is 11.6 Å². The number of methoxy groups -OCH3 is 1. The van der Waals surface area contributed by atoms with Crippen LogP contribution in [-0.4, -0.2) is 37.7 Å². The molecule has 0 aliphatic carbocycles. The van der Waals surface area contributed by atoms with Gasteiger partial charge in [-0.1, -0.05) is 0 Å². The predicted octanol–water partition coefficient (Wildman–Crippen LogP) is 1.46. The Morgan fingerprint density at radius 2 is 1.81 bits per heavy atom. The van der Waals surface area contributed by atoms with Gasteiger partial charge in [0.05, 0.1) is 24.4 Å². The van der Waals surface area contributed by atoms with Crippen LogP contribution < -0.4 is 4.74 Å². The van der Waals surface area contributed by atoms with E-state index in [0.29, 0.717) is 5.75 Å². The van der Waals surface area contributed by atoms with Crippen molar-refractivity contribution >= 4 is 15.8 Å². The Kier molecular flexibility index (Phi) is 4.18. The van der Waals surface area contributed by atoms with Gasteiger partial charge in [0.25, 0.3) is 0 Å². The molecule has 0 aliphatic heterocycles. The fraction of sp³-hybridized carbons (Fsp3) is 0.154. The van der Waals surface area contributed by atoms with E-state index in [9.17, 15) is 13.2 Å². The molecule has 0 saturated carbocycles. The van der Waals surface area contributed by atoms with Crippen molar-refractivity contribution in [2.24, 2.45) is 0 Å². The number of rotatable bonds is 4. The maximum atomic E-state index is 11.3. The van der Waals surface area contributed by atoms with Crippen LogP contribution in [0.15, 0.2) is 41.6 Å². The molecule has 0 spiro atoms. The molecule has 21 heavy (non-hydrogen) atoms. The number of esters is 1. The summed E-state index contributed by atoms with van der Waals surface area (Å²) in [6.07, 6.45) is 3.70. The maximum Gasteiger partial charge on any atom is 0.358 e. The Bertz CT molecular complexity index is 756. The Morgan fingerprint density at radius 3 is 2.38 bits per heavy atom. The van der Waals surface area contributed by atoms with Crippen LogP contribution in [0, 0.1) is 0 Å². The highest BCUT2D eigenvalue weighted by Gasteiger charge is 2.10. The van der Waals surface area contributed by atoms with E-state index in [1.807, 2.05) is 0 Å². The second kappa shape index (κ2) is 5.88. The molecule has 0 aliphatic rings. The molecular formula is C13H12N2O5S. The minimum atomic E-state index is -3.26. The van der Waals surface area contributed by atoms with Crippen LogP contribution in [0.4, 0.5) is 0 Å². The molecule has 2 rings (SSSR count). The van der Waals surface area contributed by atoms with E-state index in [4.69, 9.17) is 4.74 Å². The molecule has 0 atom stereocenters. The van der Waals surface area contributed by atoms with Gasteiger partial charge in [-0.25, -0.2) is 18.2 Å². The predicted molar refractivity (Wildman–Crippen MR) is 73.0 cm³/mol. The molecule has 2 aromatic rings. The summed E-state index contributed by atoms with van der Waals surface area (Å²) >= 11 is 0. The fourth-order valence-electron chi connectivity index (χ4n) is 1.48. The molecule has 0 radical (unpaired) electrons. The number of carbonyl (C=O) groups is 1. The largest absolute Gasteiger partial charge is 0.464 e. The van der Waals surface area contributed by atoms with E-state index < -0.39 is 15.8 Å². The van der Waals surface area contributed by atoms with Gasteiger partial charge in [-0.15, -0.1) is 0 Å². The third-order valence-corrected chi connectivity index (χ3v) is 3.61. The van der Waals surface area contributed by atoms with Crippen LogP contribution in [-0.2, 0) is 14.6 Å². The smallest absolute Gasteiger partial charge is 0.358 e. The minimum Gasteiger partial charge on any atom is -0.464 e. The standard InChI is InChI=1S/C13H12N2O5S/c1-19-13(16)11-7-14-8-12(15-11)20-9-3-5-10(6-4-9)21(2,17)18/h3-8H,1-2H3. The molecule has 0 amide bonds. The second-order valence-corrected chi connectivity index (χ2v) is 6.10.